The van der Waals surface area contributed by atoms with Gasteiger partial charge >= 0.3 is 0 Å². The van der Waals surface area contributed by atoms with Crippen LogP contribution >= 0.6 is 0 Å². The molecule has 0 radical (unpaired) electrons. The molecule has 1 unspecified atom stereocenters. The molecule has 5 heteroatoms. The average molecular weight is 450 g/mol. The van der Waals surface area contributed by atoms with Crippen molar-refractivity contribution in [3.63, 3.8) is 0 Å². The van der Waals surface area contributed by atoms with Crippen molar-refractivity contribution < 1.29 is 19.4 Å². The first kappa shape index (κ1) is 28.3. The van der Waals surface area contributed by atoms with Gasteiger partial charge in [0.25, 0.3) is 0 Å². The third-order valence-corrected chi connectivity index (χ3v) is 6.30. The Morgan fingerprint density at radius 3 is 1.69 bits per heavy atom. The smallest absolute Gasteiger partial charge is 0.200 e. The summed E-state index contributed by atoms with van der Waals surface area (Å²) in [6, 6.07) is 3.29. The van der Waals surface area contributed by atoms with Gasteiger partial charge in [0.15, 0.2) is 17.3 Å². The molecule has 32 heavy (non-hydrogen) atoms. The van der Waals surface area contributed by atoms with Gasteiger partial charge in [-0.05, 0) is 37.9 Å². The van der Waals surface area contributed by atoms with Crippen LogP contribution in [0.1, 0.15) is 114 Å². The molecule has 0 saturated heterocycles. The fraction of sp³-hybridized carbons (Fsp3) is 0.741. The molecule has 0 heterocycles. The number of nitrogens with two attached hydrogens (primary N) is 1. The van der Waals surface area contributed by atoms with Crippen molar-refractivity contribution in [3.8, 4) is 17.2 Å². The molecule has 5 nitrogen and oxygen atoms in total. The van der Waals surface area contributed by atoms with Crippen molar-refractivity contribution in [3.05, 3.63) is 17.7 Å². The summed E-state index contributed by atoms with van der Waals surface area (Å²) in [7, 11) is 2.98. The van der Waals surface area contributed by atoms with E-state index < -0.39 is 0 Å². The minimum absolute atomic E-state index is 0.0158. The second-order valence-electron chi connectivity index (χ2n) is 8.90. The van der Waals surface area contributed by atoms with E-state index in [9.17, 15) is 9.90 Å². The summed E-state index contributed by atoms with van der Waals surface area (Å²) in [5.41, 5.74) is 6.10. The van der Waals surface area contributed by atoms with Gasteiger partial charge in [-0.3, -0.25) is 4.79 Å². The highest BCUT2D eigenvalue weighted by Crippen LogP contribution is 2.38. The third kappa shape index (κ3) is 10.7. The monoisotopic (exact) mass is 449 g/mol. The van der Waals surface area contributed by atoms with Gasteiger partial charge in [-0.2, -0.15) is 0 Å². The topological polar surface area (TPSA) is 81.8 Å². The second kappa shape index (κ2) is 17.8. The zero-order chi connectivity index (χ0) is 23.6. The van der Waals surface area contributed by atoms with Crippen LogP contribution in [-0.4, -0.2) is 31.7 Å². The number of rotatable bonds is 20. The molecule has 0 fully saturated rings. The van der Waals surface area contributed by atoms with Crippen LogP contribution in [0.2, 0.25) is 0 Å². The molecule has 3 N–H and O–H groups in total. The Morgan fingerprint density at radius 1 is 0.812 bits per heavy atom. The molecular formula is C27H47NO4. The second-order valence-corrected chi connectivity index (χ2v) is 8.90. The number of hydrogen-bond donors (Lipinski definition) is 2. The molecule has 0 saturated carbocycles. The zero-order valence-corrected chi connectivity index (χ0v) is 20.8. The maximum absolute atomic E-state index is 13.3. The molecule has 1 aromatic carbocycles. The number of phenols is 1. The van der Waals surface area contributed by atoms with Gasteiger partial charge in [0.05, 0.1) is 14.2 Å². The third-order valence-electron chi connectivity index (χ3n) is 6.30. The average Bonchev–Trinajstić information content (AvgIpc) is 2.81. The zero-order valence-electron chi connectivity index (χ0n) is 20.8. The summed E-state index contributed by atoms with van der Waals surface area (Å²) in [6.45, 7) is 3.01. The minimum atomic E-state index is -0.0610. The van der Waals surface area contributed by atoms with E-state index in [-0.39, 0.29) is 28.9 Å². The fourth-order valence-electron chi connectivity index (χ4n) is 4.27. The van der Waals surface area contributed by atoms with Crippen LogP contribution in [0.4, 0.5) is 0 Å². The predicted octanol–water partition coefficient (Wildman–Crippen LogP) is 7.04. The van der Waals surface area contributed by atoms with Crippen LogP contribution in [0.15, 0.2) is 12.1 Å². The van der Waals surface area contributed by atoms with E-state index in [4.69, 9.17) is 15.2 Å². The van der Waals surface area contributed by atoms with Crippen molar-refractivity contribution in [2.45, 2.75) is 103 Å². The number of hydrogen-bond acceptors (Lipinski definition) is 5. The van der Waals surface area contributed by atoms with E-state index >= 15 is 0 Å². The van der Waals surface area contributed by atoms with E-state index in [1.54, 1.807) is 12.1 Å². The SMILES string of the molecule is CCCCCCC(CCCCCCCCCCCN)C(=O)c1cc(OC)c(O)c(OC)c1. The van der Waals surface area contributed by atoms with E-state index in [0.29, 0.717) is 5.56 Å². The van der Waals surface area contributed by atoms with Crippen LogP contribution < -0.4 is 15.2 Å². The molecule has 1 atom stereocenters. The van der Waals surface area contributed by atoms with E-state index in [0.717, 1.165) is 38.6 Å². The molecule has 0 bridgehead atoms. The quantitative estimate of drug-likeness (QED) is 0.165. The Kier molecular flexibility index (Phi) is 15.7. The lowest BCUT2D eigenvalue weighted by Gasteiger charge is -2.18. The van der Waals surface area contributed by atoms with Crippen molar-refractivity contribution in [2.24, 2.45) is 11.7 Å². The largest absolute Gasteiger partial charge is 0.502 e. The Hall–Kier alpha value is -1.75. The number of phenolic OH excluding ortho intramolecular Hbond substituents is 1. The van der Waals surface area contributed by atoms with Gasteiger partial charge in [-0.1, -0.05) is 84.0 Å². The van der Waals surface area contributed by atoms with Gasteiger partial charge in [-0.25, -0.2) is 0 Å². The van der Waals surface area contributed by atoms with Crippen molar-refractivity contribution in [1.82, 2.24) is 0 Å². The van der Waals surface area contributed by atoms with Gasteiger partial charge in [-0.15, -0.1) is 0 Å². The molecule has 0 aliphatic carbocycles. The Morgan fingerprint density at radius 2 is 1.25 bits per heavy atom. The molecule has 184 valence electrons. The maximum atomic E-state index is 13.3. The van der Waals surface area contributed by atoms with Crippen LogP contribution in [0.25, 0.3) is 0 Å². The number of aromatic hydroxyl groups is 1. The van der Waals surface area contributed by atoms with Crippen molar-refractivity contribution >= 4 is 5.78 Å². The highest BCUT2D eigenvalue weighted by Gasteiger charge is 2.22. The molecule has 0 aromatic heterocycles. The number of unbranched alkanes of at least 4 members (excludes halogenated alkanes) is 11. The molecule has 0 aliphatic rings. The first-order chi connectivity index (χ1) is 15.6. The Labute approximate surface area is 196 Å². The number of carbonyl (C=O) groups is 1. The predicted molar refractivity (Wildman–Crippen MR) is 133 cm³/mol. The highest BCUT2D eigenvalue weighted by atomic mass is 16.5. The summed E-state index contributed by atoms with van der Waals surface area (Å²) >= 11 is 0. The summed E-state index contributed by atoms with van der Waals surface area (Å²) in [5.74, 6) is 0.655. The lowest BCUT2D eigenvalue weighted by atomic mass is 9.87. The Balaban J connectivity index is 2.59. The number of ether oxygens (including phenoxy) is 2. The molecule has 1 aromatic rings. The van der Waals surface area contributed by atoms with Crippen LogP contribution in [0.3, 0.4) is 0 Å². The van der Waals surface area contributed by atoms with Crippen molar-refractivity contribution in [2.75, 3.05) is 20.8 Å². The molecule has 0 spiro atoms. The van der Waals surface area contributed by atoms with Gasteiger partial charge in [0, 0.05) is 11.5 Å². The lowest BCUT2D eigenvalue weighted by molar-refractivity contribution is 0.0901. The van der Waals surface area contributed by atoms with Crippen LogP contribution in [-0.2, 0) is 0 Å². The lowest BCUT2D eigenvalue weighted by Crippen LogP contribution is -2.15. The molecule has 0 aliphatic heterocycles. The van der Waals surface area contributed by atoms with Gasteiger partial charge in [0.1, 0.15) is 0 Å². The number of benzene rings is 1. The molecule has 1 rings (SSSR count). The maximum Gasteiger partial charge on any atom is 0.200 e. The van der Waals surface area contributed by atoms with Crippen LogP contribution in [0, 0.1) is 5.92 Å². The summed E-state index contributed by atoms with van der Waals surface area (Å²) in [4.78, 5) is 13.3. The first-order valence-corrected chi connectivity index (χ1v) is 12.8. The normalized spacial score (nSPS) is 12.0. The summed E-state index contributed by atoms with van der Waals surface area (Å²) in [5, 5.41) is 10.2. The van der Waals surface area contributed by atoms with E-state index in [1.165, 1.54) is 78.4 Å². The minimum Gasteiger partial charge on any atom is -0.502 e. The number of Topliss-reactive ketones (excluding diaryl/α,β-unsaturated/α-hetero) is 1. The van der Waals surface area contributed by atoms with Crippen LogP contribution in [0.5, 0.6) is 17.2 Å². The summed E-state index contributed by atoms with van der Waals surface area (Å²) in [6.07, 6.45) is 17.6. The van der Waals surface area contributed by atoms with E-state index in [2.05, 4.69) is 6.92 Å². The fourth-order valence-corrected chi connectivity index (χ4v) is 4.27. The van der Waals surface area contributed by atoms with Crippen molar-refractivity contribution in [1.29, 1.82) is 0 Å². The number of carbonyl (C=O) groups excluding carboxylic acids is 1. The van der Waals surface area contributed by atoms with E-state index in [1.807, 2.05) is 0 Å². The molecule has 0 amide bonds. The highest BCUT2D eigenvalue weighted by molar-refractivity contribution is 5.99. The Bertz CT molecular complexity index is 607. The van der Waals surface area contributed by atoms with Gasteiger partial charge in [0.2, 0.25) is 5.75 Å². The first-order valence-electron chi connectivity index (χ1n) is 12.8. The number of ketones is 1. The summed E-state index contributed by atoms with van der Waals surface area (Å²) < 4.78 is 10.5. The standard InChI is InChI=1S/C27H47NO4/c1-4-5-6-14-17-22(18-15-12-10-8-7-9-11-13-16-19-28)26(29)23-20-24(31-2)27(30)25(21-23)32-3/h20-22,30H,4-19,28H2,1-3H3. The van der Waals surface area contributed by atoms with Gasteiger partial charge < -0.3 is 20.3 Å². The molecular weight excluding hydrogens is 402 g/mol. The number of methoxy groups -OCH3 is 2.